The zero-order chi connectivity index (χ0) is 16.1. The van der Waals surface area contributed by atoms with Gasteiger partial charge in [0.1, 0.15) is 5.70 Å². The largest absolute Gasteiger partial charge is 0.466 e. The first kappa shape index (κ1) is 16.0. The van der Waals surface area contributed by atoms with E-state index in [-0.39, 0.29) is 5.70 Å². The second-order valence-corrected chi connectivity index (χ2v) is 5.32. The summed E-state index contributed by atoms with van der Waals surface area (Å²) in [5, 5.41) is 4.92. The molecule has 0 heterocycles. The number of rotatable bonds is 4. The molecule has 2 rings (SSSR count). The highest BCUT2D eigenvalue weighted by Crippen LogP contribution is 2.23. The third-order valence-electron chi connectivity index (χ3n) is 2.95. The van der Waals surface area contributed by atoms with Gasteiger partial charge in [-0.2, -0.15) is 0 Å². The first-order valence-electron chi connectivity index (χ1n) is 6.38. The van der Waals surface area contributed by atoms with E-state index < -0.39 is 11.9 Å². The number of benzene rings is 2. The first-order valence-corrected chi connectivity index (χ1v) is 7.17. The Hall–Kier alpha value is -2.34. The summed E-state index contributed by atoms with van der Waals surface area (Å²) in [4.78, 5) is 23.0. The minimum Gasteiger partial charge on any atom is -0.466 e. The highest BCUT2D eigenvalue weighted by atomic mass is 79.9. The molecule has 5 nitrogen and oxygen atoms in total. The molecule has 0 saturated carbocycles. The SMILES string of the molecule is COC(=O)/C=C(/Nc1ccc2cc(Br)ccc2c1)C(=O)OC. The van der Waals surface area contributed by atoms with Crippen molar-refractivity contribution in [2.24, 2.45) is 0 Å². The van der Waals surface area contributed by atoms with E-state index in [0.29, 0.717) is 5.69 Å². The van der Waals surface area contributed by atoms with Crippen molar-refractivity contribution in [1.29, 1.82) is 0 Å². The molecule has 0 bridgehead atoms. The van der Waals surface area contributed by atoms with Crippen LogP contribution < -0.4 is 5.32 Å². The zero-order valence-electron chi connectivity index (χ0n) is 12.1. The van der Waals surface area contributed by atoms with E-state index >= 15 is 0 Å². The fourth-order valence-electron chi connectivity index (χ4n) is 1.88. The Labute approximate surface area is 136 Å². The summed E-state index contributed by atoms with van der Waals surface area (Å²) in [7, 11) is 2.48. The minimum absolute atomic E-state index is 0.00538. The molecule has 0 atom stereocenters. The van der Waals surface area contributed by atoms with Gasteiger partial charge in [0.25, 0.3) is 0 Å². The number of hydrogen-bond donors (Lipinski definition) is 1. The van der Waals surface area contributed by atoms with Crippen molar-refractivity contribution in [3.8, 4) is 0 Å². The van der Waals surface area contributed by atoms with Crippen LogP contribution in [0.4, 0.5) is 5.69 Å². The van der Waals surface area contributed by atoms with Crippen LogP contribution in [0, 0.1) is 0 Å². The summed E-state index contributed by atoms with van der Waals surface area (Å²) in [6.07, 6.45) is 1.05. The Morgan fingerprint density at radius 3 is 2.41 bits per heavy atom. The molecule has 0 fully saturated rings. The second kappa shape index (κ2) is 7.09. The molecule has 0 spiro atoms. The number of nitrogens with one attached hydrogen (secondary N) is 1. The quantitative estimate of drug-likeness (QED) is 0.667. The first-order chi connectivity index (χ1) is 10.5. The Morgan fingerprint density at radius 2 is 1.73 bits per heavy atom. The Balaban J connectivity index is 2.33. The van der Waals surface area contributed by atoms with E-state index in [0.717, 1.165) is 21.3 Å². The maximum atomic E-state index is 11.7. The highest BCUT2D eigenvalue weighted by Gasteiger charge is 2.12. The molecule has 0 unspecified atom stereocenters. The maximum absolute atomic E-state index is 11.7. The minimum atomic E-state index is -0.652. The van der Waals surface area contributed by atoms with Crippen LogP contribution in [0.15, 0.2) is 52.6 Å². The molecule has 1 N–H and O–H groups in total. The lowest BCUT2D eigenvalue weighted by atomic mass is 10.1. The lowest BCUT2D eigenvalue weighted by Crippen LogP contribution is -2.15. The molecule has 0 aromatic heterocycles. The van der Waals surface area contributed by atoms with Gasteiger partial charge in [0, 0.05) is 10.2 Å². The molecule has 0 aliphatic rings. The number of halogens is 1. The highest BCUT2D eigenvalue weighted by molar-refractivity contribution is 9.10. The zero-order valence-corrected chi connectivity index (χ0v) is 13.6. The summed E-state index contributed by atoms with van der Waals surface area (Å²) in [5.74, 6) is -1.29. The van der Waals surface area contributed by atoms with E-state index in [9.17, 15) is 9.59 Å². The standard InChI is InChI=1S/C16H14BrNO4/c1-21-15(19)9-14(16(20)22-2)18-13-6-4-10-7-12(17)5-3-11(10)8-13/h3-9,18H,1-2H3/b14-9+. The van der Waals surface area contributed by atoms with Gasteiger partial charge in [-0.25, -0.2) is 9.59 Å². The van der Waals surface area contributed by atoms with Crippen LogP contribution in [0.2, 0.25) is 0 Å². The normalized spacial score (nSPS) is 11.1. The fourth-order valence-corrected chi connectivity index (χ4v) is 2.26. The molecule has 2 aromatic rings. The molecule has 22 heavy (non-hydrogen) atoms. The van der Waals surface area contributed by atoms with Crippen LogP contribution in [0.25, 0.3) is 10.8 Å². The van der Waals surface area contributed by atoms with Crippen molar-refractivity contribution in [3.63, 3.8) is 0 Å². The summed E-state index contributed by atoms with van der Waals surface area (Å²) in [5.41, 5.74) is 0.668. The van der Waals surface area contributed by atoms with Gasteiger partial charge in [0.2, 0.25) is 0 Å². The van der Waals surface area contributed by atoms with Crippen LogP contribution in [0.1, 0.15) is 0 Å². The predicted octanol–water partition coefficient (Wildman–Crippen LogP) is 3.24. The lowest BCUT2D eigenvalue weighted by Gasteiger charge is -2.10. The number of esters is 2. The molecular formula is C16H14BrNO4. The number of carbonyl (C=O) groups is 2. The van der Waals surface area contributed by atoms with Crippen LogP contribution in [-0.2, 0) is 19.1 Å². The van der Waals surface area contributed by atoms with Crippen molar-refractivity contribution >= 4 is 44.3 Å². The summed E-state index contributed by atoms with van der Waals surface area (Å²) < 4.78 is 10.2. The van der Waals surface area contributed by atoms with Gasteiger partial charge in [-0.1, -0.05) is 28.1 Å². The predicted molar refractivity (Wildman–Crippen MR) is 87.4 cm³/mol. The molecule has 114 valence electrons. The van der Waals surface area contributed by atoms with Crippen molar-refractivity contribution < 1.29 is 19.1 Å². The Kier molecular flexibility index (Phi) is 5.16. The number of fused-ring (bicyclic) bond motifs is 1. The van der Waals surface area contributed by atoms with Crippen molar-refractivity contribution in [2.45, 2.75) is 0 Å². The summed E-state index contributed by atoms with van der Waals surface area (Å²) in [6, 6.07) is 11.5. The average Bonchev–Trinajstić information content (AvgIpc) is 2.53. The van der Waals surface area contributed by atoms with E-state index in [1.165, 1.54) is 14.2 Å². The molecule has 0 aliphatic carbocycles. The van der Waals surface area contributed by atoms with E-state index in [4.69, 9.17) is 0 Å². The molecule has 0 radical (unpaired) electrons. The smallest absolute Gasteiger partial charge is 0.354 e. The number of carbonyl (C=O) groups excluding carboxylic acids is 2. The number of methoxy groups -OCH3 is 2. The fraction of sp³-hybridized carbons (Fsp3) is 0.125. The van der Waals surface area contributed by atoms with E-state index in [1.54, 1.807) is 0 Å². The maximum Gasteiger partial charge on any atom is 0.354 e. The van der Waals surface area contributed by atoms with Crippen LogP contribution in [0.3, 0.4) is 0 Å². The molecule has 0 saturated heterocycles. The van der Waals surface area contributed by atoms with Gasteiger partial charge >= 0.3 is 11.9 Å². The molecule has 0 amide bonds. The van der Waals surface area contributed by atoms with Crippen molar-refractivity contribution in [3.05, 3.63) is 52.6 Å². The third kappa shape index (κ3) is 3.85. The topological polar surface area (TPSA) is 64.6 Å². The molecule has 6 heteroatoms. The van der Waals surface area contributed by atoms with Gasteiger partial charge in [-0.3, -0.25) is 0 Å². The van der Waals surface area contributed by atoms with Gasteiger partial charge in [0.15, 0.2) is 0 Å². The molecular weight excluding hydrogens is 350 g/mol. The summed E-state index contributed by atoms with van der Waals surface area (Å²) >= 11 is 3.42. The number of ether oxygens (including phenoxy) is 2. The number of anilines is 1. The van der Waals surface area contributed by atoms with Crippen LogP contribution >= 0.6 is 15.9 Å². The summed E-state index contributed by atoms with van der Waals surface area (Å²) in [6.45, 7) is 0. The molecule has 2 aromatic carbocycles. The van der Waals surface area contributed by atoms with Gasteiger partial charge in [-0.05, 0) is 35.0 Å². The monoisotopic (exact) mass is 363 g/mol. The third-order valence-corrected chi connectivity index (χ3v) is 3.44. The van der Waals surface area contributed by atoms with Crippen LogP contribution in [0.5, 0.6) is 0 Å². The van der Waals surface area contributed by atoms with E-state index in [1.807, 2.05) is 36.4 Å². The van der Waals surface area contributed by atoms with Gasteiger partial charge in [0.05, 0.1) is 20.3 Å². The Morgan fingerprint density at radius 1 is 1.05 bits per heavy atom. The van der Waals surface area contributed by atoms with E-state index in [2.05, 4.69) is 30.7 Å². The van der Waals surface area contributed by atoms with Gasteiger partial charge < -0.3 is 14.8 Å². The lowest BCUT2D eigenvalue weighted by molar-refractivity contribution is -0.138. The van der Waals surface area contributed by atoms with Crippen molar-refractivity contribution in [2.75, 3.05) is 19.5 Å². The van der Waals surface area contributed by atoms with Crippen molar-refractivity contribution in [1.82, 2.24) is 0 Å². The second-order valence-electron chi connectivity index (χ2n) is 4.40. The van der Waals surface area contributed by atoms with Gasteiger partial charge in [-0.15, -0.1) is 0 Å². The Bertz CT molecular complexity index is 755. The van der Waals surface area contributed by atoms with Crippen LogP contribution in [-0.4, -0.2) is 26.2 Å². The number of hydrogen-bond acceptors (Lipinski definition) is 5. The average molecular weight is 364 g/mol. The molecule has 0 aliphatic heterocycles.